The molecule has 0 rings (SSSR count). The molecule has 0 heterocycles. The predicted octanol–water partition coefficient (Wildman–Crippen LogP) is 6.74. The highest BCUT2D eigenvalue weighted by Gasteiger charge is 2.47. The molecule has 0 aliphatic carbocycles. The van der Waals surface area contributed by atoms with Crippen LogP contribution < -0.4 is 0 Å². The van der Waals surface area contributed by atoms with Gasteiger partial charge in [0.25, 0.3) is 0 Å². The van der Waals surface area contributed by atoms with E-state index < -0.39 is 5.24 Å². The average molecular weight is 323 g/mol. The molecule has 0 spiro atoms. The van der Waals surface area contributed by atoms with E-state index in [1.165, 1.54) is 0 Å². The third kappa shape index (κ3) is 5.71. The smallest absolute Gasteiger partial charge is 0.0141 e. The Balaban J connectivity index is 5.41. The van der Waals surface area contributed by atoms with Gasteiger partial charge in [-0.2, -0.15) is 0 Å². The monoisotopic (exact) mass is 322 g/mol. The summed E-state index contributed by atoms with van der Waals surface area (Å²) in [5.41, 5.74) is 0.599. The van der Waals surface area contributed by atoms with Gasteiger partial charge < -0.3 is 0 Å². The Morgan fingerprint density at radius 2 is 0.895 bits per heavy atom. The molecule has 0 nitrogen and oxygen atoms in total. The van der Waals surface area contributed by atoms with Gasteiger partial charge in [-0.15, -0.1) is 12.2 Å². The minimum absolute atomic E-state index is 0.123. The molecule has 0 radical (unpaired) electrons. The third-order valence-electron chi connectivity index (χ3n) is 3.57. The molecule has 0 unspecified atom stereocenters. The molecule has 0 saturated carbocycles. The first kappa shape index (κ1) is 20.0. The van der Waals surface area contributed by atoms with E-state index in [0.29, 0.717) is 10.8 Å². The molecule has 19 heavy (non-hydrogen) atoms. The van der Waals surface area contributed by atoms with Crippen LogP contribution in [0.5, 0.6) is 0 Å². The summed E-state index contributed by atoms with van der Waals surface area (Å²) in [5.74, 6) is 0. The summed E-state index contributed by atoms with van der Waals surface area (Å²) >= 11 is 11.2. The van der Waals surface area contributed by atoms with Crippen LogP contribution in [0.15, 0.2) is 0 Å². The minimum atomic E-state index is -1.76. The standard InChI is InChI=1S/C16H35PS2/c1-13(2,3)11-15(7,8)17(18,19)16(9,10)12-14(4,5)6/h11-12H2,1-10H3,(H,18,19). The molecule has 116 valence electrons. The van der Waals surface area contributed by atoms with Crippen molar-refractivity contribution in [2.75, 3.05) is 0 Å². The first-order valence-electron chi connectivity index (χ1n) is 7.24. The largest absolute Gasteiger partial charge is 0.140 e. The summed E-state index contributed by atoms with van der Waals surface area (Å²) in [5, 5.41) is -1.52. The van der Waals surface area contributed by atoms with Crippen molar-refractivity contribution in [2.45, 2.75) is 92.4 Å². The Hall–Kier alpha value is 1.00. The maximum absolute atomic E-state index is 6.13. The molecule has 0 aliphatic rings. The molecule has 3 heteroatoms. The number of rotatable bonds is 4. The van der Waals surface area contributed by atoms with Crippen LogP contribution in [-0.2, 0) is 11.8 Å². The van der Waals surface area contributed by atoms with E-state index in [0.717, 1.165) is 12.8 Å². The highest BCUT2D eigenvalue weighted by atomic mass is 32.9. The summed E-state index contributed by atoms with van der Waals surface area (Å²) in [6, 6.07) is 0. The van der Waals surface area contributed by atoms with Crippen LogP contribution in [0.1, 0.15) is 82.1 Å². The van der Waals surface area contributed by atoms with Gasteiger partial charge in [0, 0.05) is 15.6 Å². The maximum Gasteiger partial charge on any atom is 0.0141 e. The van der Waals surface area contributed by atoms with E-state index in [1.807, 2.05) is 0 Å². The first-order chi connectivity index (χ1) is 7.91. The Labute approximate surface area is 132 Å². The van der Waals surface area contributed by atoms with Crippen molar-refractivity contribution in [1.29, 1.82) is 0 Å². The molecule has 0 bridgehead atoms. The number of hydrogen-bond acceptors (Lipinski definition) is 1. The van der Waals surface area contributed by atoms with E-state index in [1.54, 1.807) is 0 Å². The Kier molecular flexibility index (Phi) is 5.95. The second-order valence-electron chi connectivity index (χ2n) is 9.68. The minimum Gasteiger partial charge on any atom is -0.140 e. The van der Waals surface area contributed by atoms with E-state index in [9.17, 15) is 0 Å². The lowest BCUT2D eigenvalue weighted by Gasteiger charge is -2.49. The molecule has 0 atom stereocenters. The molecule has 0 aliphatic heterocycles. The summed E-state index contributed by atoms with van der Waals surface area (Å²) < 4.78 is 0. The first-order valence-corrected chi connectivity index (χ1v) is 11.2. The van der Waals surface area contributed by atoms with Gasteiger partial charge in [-0.3, -0.25) is 0 Å². The normalized spacial score (nSPS) is 15.7. The second-order valence-corrected chi connectivity index (χ2v) is 17.5. The van der Waals surface area contributed by atoms with Crippen molar-refractivity contribution in [1.82, 2.24) is 0 Å². The van der Waals surface area contributed by atoms with Gasteiger partial charge in [0.05, 0.1) is 0 Å². The topological polar surface area (TPSA) is 0 Å². The van der Waals surface area contributed by atoms with Crippen molar-refractivity contribution in [3.8, 4) is 0 Å². The molecule has 0 amide bonds. The molecule has 0 fully saturated rings. The fourth-order valence-corrected chi connectivity index (χ4v) is 7.46. The van der Waals surface area contributed by atoms with Gasteiger partial charge in [0.2, 0.25) is 0 Å². The Bertz CT molecular complexity index is 322. The molecule has 0 saturated heterocycles. The fourth-order valence-electron chi connectivity index (χ4n) is 3.63. The molecule has 0 aromatic heterocycles. The summed E-state index contributed by atoms with van der Waals surface area (Å²) in [7, 11) is 0. The van der Waals surface area contributed by atoms with Crippen LogP contribution in [-0.4, -0.2) is 10.3 Å². The summed E-state index contributed by atoms with van der Waals surface area (Å²) in [6.45, 7) is 23.1. The Morgan fingerprint density at radius 3 is 1.05 bits per heavy atom. The van der Waals surface area contributed by atoms with E-state index in [2.05, 4.69) is 69.2 Å². The lowest BCUT2D eigenvalue weighted by atomic mass is 9.85. The molecular formula is C16H35PS2. The average Bonchev–Trinajstić information content (AvgIpc) is 1.92. The molecule has 0 N–H and O–H groups in total. The fraction of sp³-hybridized carbons (Fsp3) is 1.00. The van der Waals surface area contributed by atoms with Gasteiger partial charge in [0.1, 0.15) is 0 Å². The highest BCUT2D eigenvalue weighted by molar-refractivity contribution is 8.64. The Morgan fingerprint density at radius 1 is 0.684 bits per heavy atom. The van der Waals surface area contributed by atoms with Gasteiger partial charge in [0.15, 0.2) is 0 Å². The second kappa shape index (κ2) is 5.65. The summed E-state index contributed by atoms with van der Waals surface area (Å²) in [6.07, 6.45) is 2.27. The molecule has 0 aromatic carbocycles. The SMILES string of the molecule is CC(C)(C)CC(C)(C)P(=S)(S)C(C)(C)CC(C)(C)C. The zero-order chi connectivity index (χ0) is 15.9. The van der Waals surface area contributed by atoms with Crippen LogP contribution in [0.4, 0.5) is 0 Å². The van der Waals surface area contributed by atoms with Crippen LogP contribution in [0, 0.1) is 10.8 Å². The third-order valence-corrected chi connectivity index (χ3v) is 13.4. The van der Waals surface area contributed by atoms with Gasteiger partial charge in [-0.1, -0.05) is 81.0 Å². The molecular weight excluding hydrogens is 287 g/mol. The van der Waals surface area contributed by atoms with Crippen molar-refractivity contribution < 1.29 is 0 Å². The number of hydrogen-bond donors (Lipinski definition) is 1. The summed E-state index contributed by atoms with van der Waals surface area (Å²) in [4.78, 5) is 0. The van der Waals surface area contributed by atoms with Crippen molar-refractivity contribution >= 4 is 29.3 Å². The molecule has 0 aromatic rings. The van der Waals surface area contributed by atoms with Gasteiger partial charge in [-0.05, 0) is 23.7 Å². The van der Waals surface area contributed by atoms with Crippen molar-refractivity contribution in [3.63, 3.8) is 0 Å². The quantitative estimate of drug-likeness (QED) is 0.441. The maximum atomic E-state index is 6.13. The van der Waals surface area contributed by atoms with E-state index in [-0.39, 0.29) is 10.3 Å². The van der Waals surface area contributed by atoms with Crippen LogP contribution in [0.25, 0.3) is 0 Å². The van der Waals surface area contributed by atoms with Crippen molar-refractivity contribution in [2.24, 2.45) is 10.8 Å². The number of thiol groups is 1. The predicted molar refractivity (Wildman–Crippen MR) is 99.6 cm³/mol. The lowest BCUT2D eigenvalue weighted by Crippen LogP contribution is -2.36. The highest BCUT2D eigenvalue weighted by Crippen LogP contribution is 2.74. The van der Waals surface area contributed by atoms with E-state index >= 15 is 0 Å². The zero-order valence-electron chi connectivity index (χ0n) is 14.7. The van der Waals surface area contributed by atoms with Gasteiger partial charge in [-0.25, -0.2) is 0 Å². The van der Waals surface area contributed by atoms with Crippen LogP contribution >= 0.6 is 17.5 Å². The van der Waals surface area contributed by atoms with Gasteiger partial charge >= 0.3 is 0 Å². The van der Waals surface area contributed by atoms with Crippen LogP contribution in [0.3, 0.4) is 0 Å². The van der Waals surface area contributed by atoms with Crippen LogP contribution in [0.2, 0.25) is 0 Å². The van der Waals surface area contributed by atoms with Crippen molar-refractivity contribution in [3.05, 3.63) is 0 Å². The lowest BCUT2D eigenvalue weighted by molar-refractivity contribution is 0.319. The zero-order valence-corrected chi connectivity index (χ0v) is 17.3. The van der Waals surface area contributed by atoms with E-state index in [4.69, 9.17) is 24.1 Å².